The molecule has 1 aromatic rings. The van der Waals surface area contributed by atoms with Crippen LogP contribution in [0.4, 0.5) is 0 Å². The average Bonchev–Trinajstić information content (AvgIpc) is 2.45. The SMILES string of the molecule is CC(C)C1OC(=O)c2ccccc21. The van der Waals surface area contributed by atoms with E-state index in [9.17, 15) is 4.79 Å². The van der Waals surface area contributed by atoms with E-state index >= 15 is 0 Å². The van der Waals surface area contributed by atoms with Crippen LogP contribution in [0, 0.1) is 5.92 Å². The van der Waals surface area contributed by atoms with Crippen molar-refractivity contribution in [3.8, 4) is 0 Å². The van der Waals surface area contributed by atoms with E-state index in [-0.39, 0.29) is 12.1 Å². The van der Waals surface area contributed by atoms with Gasteiger partial charge in [0, 0.05) is 5.56 Å². The summed E-state index contributed by atoms with van der Waals surface area (Å²) in [6.07, 6.45) is -0.0521. The van der Waals surface area contributed by atoms with E-state index in [0.717, 1.165) is 11.1 Å². The first-order chi connectivity index (χ1) is 6.20. The van der Waals surface area contributed by atoms with E-state index in [1.165, 1.54) is 0 Å². The Labute approximate surface area is 77.5 Å². The van der Waals surface area contributed by atoms with Gasteiger partial charge >= 0.3 is 5.97 Å². The quantitative estimate of drug-likeness (QED) is 0.615. The van der Waals surface area contributed by atoms with Gasteiger partial charge in [0.25, 0.3) is 0 Å². The predicted octanol–water partition coefficient (Wildman–Crippen LogP) is 2.55. The summed E-state index contributed by atoms with van der Waals surface area (Å²) in [5.74, 6) is 0.155. The van der Waals surface area contributed by atoms with Crippen LogP contribution in [0.15, 0.2) is 24.3 Å². The van der Waals surface area contributed by atoms with Crippen molar-refractivity contribution in [2.75, 3.05) is 0 Å². The Kier molecular flexibility index (Phi) is 1.83. The highest BCUT2D eigenvalue weighted by Gasteiger charge is 2.32. The maximum atomic E-state index is 11.4. The van der Waals surface area contributed by atoms with Gasteiger partial charge in [0.2, 0.25) is 0 Å². The van der Waals surface area contributed by atoms with Gasteiger partial charge in [-0.3, -0.25) is 0 Å². The molecular weight excluding hydrogens is 164 g/mol. The van der Waals surface area contributed by atoms with Gasteiger partial charge in [-0.05, 0) is 12.0 Å². The lowest BCUT2D eigenvalue weighted by molar-refractivity contribution is 0.0280. The van der Waals surface area contributed by atoms with E-state index in [2.05, 4.69) is 13.8 Å². The number of hydrogen-bond donors (Lipinski definition) is 0. The first-order valence-electron chi connectivity index (χ1n) is 4.50. The monoisotopic (exact) mass is 176 g/mol. The molecule has 0 bridgehead atoms. The van der Waals surface area contributed by atoms with Crippen LogP contribution in [0.1, 0.15) is 35.9 Å². The molecule has 1 unspecified atom stereocenters. The highest BCUT2D eigenvalue weighted by Crippen LogP contribution is 2.35. The van der Waals surface area contributed by atoms with Crippen LogP contribution in [0.2, 0.25) is 0 Å². The van der Waals surface area contributed by atoms with Crippen molar-refractivity contribution >= 4 is 5.97 Å². The minimum atomic E-state index is -0.186. The van der Waals surface area contributed by atoms with Crippen molar-refractivity contribution in [1.29, 1.82) is 0 Å². The zero-order valence-electron chi connectivity index (χ0n) is 7.78. The summed E-state index contributed by atoms with van der Waals surface area (Å²) in [5, 5.41) is 0. The number of ether oxygens (including phenoxy) is 1. The second-order valence-electron chi connectivity index (χ2n) is 3.66. The molecule has 1 atom stereocenters. The Morgan fingerprint density at radius 1 is 1.31 bits per heavy atom. The fraction of sp³-hybridized carbons (Fsp3) is 0.364. The molecule has 1 aromatic carbocycles. The highest BCUT2D eigenvalue weighted by atomic mass is 16.5. The summed E-state index contributed by atoms with van der Waals surface area (Å²) in [5.41, 5.74) is 1.75. The van der Waals surface area contributed by atoms with Crippen molar-refractivity contribution in [2.45, 2.75) is 20.0 Å². The first kappa shape index (κ1) is 8.30. The Balaban J connectivity index is 2.47. The summed E-state index contributed by atoms with van der Waals surface area (Å²) < 4.78 is 5.25. The normalized spacial score (nSPS) is 20.2. The van der Waals surface area contributed by atoms with Gasteiger partial charge in [-0.15, -0.1) is 0 Å². The Morgan fingerprint density at radius 2 is 2.00 bits per heavy atom. The molecule has 2 heteroatoms. The molecule has 68 valence electrons. The molecule has 2 rings (SSSR count). The van der Waals surface area contributed by atoms with Crippen LogP contribution < -0.4 is 0 Å². The molecule has 0 saturated heterocycles. The van der Waals surface area contributed by atoms with Crippen molar-refractivity contribution < 1.29 is 9.53 Å². The molecule has 1 heterocycles. The van der Waals surface area contributed by atoms with E-state index in [1.54, 1.807) is 0 Å². The topological polar surface area (TPSA) is 26.3 Å². The minimum Gasteiger partial charge on any atom is -0.454 e. The van der Waals surface area contributed by atoms with E-state index < -0.39 is 0 Å². The fourth-order valence-electron chi connectivity index (χ4n) is 1.67. The molecule has 1 aliphatic rings. The average molecular weight is 176 g/mol. The van der Waals surface area contributed by atoms with Crippen molar-refractivity contribution in [1.82, 2.24) is 0 Å². The molecule has 1 aliphatic heterocycles. The first-order valence-corrected chi connectivity index (χ1v) is 4.50. The van der Waals surface area contributed by atoms with Crippen LogP contribution in [0.5, 0.6) is 0 Å². The molecule has 2 nitrogen and oxygen atoms in total. The summed E-state index contributed by atoms with van der Waals surface area (Å²) in [7, 11) is 0. The lowest BCUT2D eigenvalue weighted by Gasteiger charge is -2.13. The van der Waals surface area contributed by atoms with Crippen LogP contribution >= 0.6 is 0 Å². The highest BCUT2D eigenvalue weighted by molar-refractivity contribution is 5.93. The van der Waals surface area contributed by atoms with Crippen molar-refractivity contribution in [2.24, 2.45) is 5.92 Å². The third kappa shape index (κ3) is 1.22. The molecule has 0 radical (unpaired) electrons. The second-order valence-corrected chi connectivity index (χ2v) is 3.66. The van der Waals surface area contributed by atoms with Gasteiger partial charge in [0.05, 0.1) is 5.56 Å². The van der Waals surface area contributed by atoms with E-state index in [0.29, 0.717) is 5.92 Å². The van der Waals surface area contributed by atoms with E-state index in [1.807, 2.05) is 24.3 Å². The molecule has 0 amide bonds. The summed E-state index contributed by atoms with van der Waals surface area (Å²) >= 11 is 0. The van der Waals surface area contributed by atoms with Gasteiger partial charge in [-0.2, -0.15) is 0 Å². The Bertz CT molecular complexity index is 342. The number of fused-ring (bicyclic) bond motifs is 1. The summed E-state index contributed by atoms with van der Waals surface area (Å²) in [4.78, 5) is 11.4. The fourth-order valence-corrected chi connectivity index (χ4v) is 1.67. The number of cyclic esters (lactones) is 1. The van der Waals surface area contributed by atoms with Crippen LogP contribution in [-0.4, -0.2) is 5.97 Å². The molecule has 13 heavy (non-hydrogen) atoms. The molecule has 0 saturated carbocycles. The van der Waals surface area contributed by atoms with Crippen molar-refractivity contribution in [3.05, 3.63) is 35.4 Å². The lowest BCUT2D eigenvalue weighted by atomic mass is 9.97. The second kappa shape index (κ2) is 2.87. The van der Waals surface area contributed by atoms with Gasteiger partial charge < -0.3 is 4.74 Å². The molecule has 0 N–H and O–H groups in total. The van der Waals surface area contributed by atoms with Crippen molar-refractivity contribution in [3.63, 3.8) is 0 Å². The molecule has 0 aliphatic carbocycles. The van der Waals surface area contributed by atoms with E-state index in [4.69, 9.17) is 4.74 Å². The van der Waals surface area contributed by atoms with Gasteiger partial charge in [0.1, 0.15) is 6.10 Å². The number of carbonyl (C=O) groups excluding carboxylic acids is 1. The van der Waals surface area contributed by atoms with Gasteiger partial charge in [-0.1, -0.05) is 32.0 Å². The molecule has 0 aromatic heterocycles. The number of carbonyl (C=O) groups is 1. The molecule has 0 spiro atoms. The Hall–Kier alpha value is -1.31. The maximum Gasteiger partial charge on any atom is 0.339 e. The smallest absolute Gasteiger partial charge is 0.339 e. The maximum absolute atomic E-state index is 11.4. The van der Waals surface area contributed by atoms with Gasteiger partial charge in [0.15, 0.2) is 0 Å². The largest absolute Gasteiger partial charge is 0.454 e. The van der Waals surface area contributed by atoms with Crippen LogP contribution in [0.3, 0.4) is 0 Å². The zero-order valence-corrected chi connectivity index (χ0v) is 7.78. The lowest BCUT2D eigenvalue weighted by Crippen LogP contribution is -2.05. The summed E-state index contributed by atoms with van der Waals surface area (Å²) in [6, 6.07) is 7.59. The predicted molar refractivity (Wildman–Crippen MR) is 49.4 cm³/mol. The summed E-state index contributed by atoms with van der Waals surface area (Å²) in [6.45, 7) is 4.11. The number of rotatable bonds is 1. The zero-order chi connectivity index (χ0) is 9.42. The third-order valence-electron chi connectivity index (χ3n) is 2.33. The third-order valence-corrected chi connectivity index (χ3v) is 2.33. The van der Waals surface area contributed by atoms with Crippen LogP contribution in [0.25, 0.3) is 0 Å². The molecule has 0 fully saturated rings. The number of hydrogen-bond acceptors (Lipinski definition) is 2. The number of benzene rings is 1. The Morgan fingerprint density at radius 3 is 2.69 bits per heavy atom. The number of esters is 1. The molecular formula is C11H12O2. The standard InChI is InChI=1S/C11H12O2/c1-7(2)10-8-5-3-4-6-9(8)11(12)13-10/h3-7,10H,1-2H3. The van der Waals surface area contributed by atoms with Gasteiger partial charge in [-0.25, -0.2) is 4.79 Å². The minimum absolute atomic E-state index is 0.0521. The van der Waals surface area contributed by atoms with Crippen LogP contribution in [-0.2, 0) is 4.74 Å².